The monoisotopic (exact) mass is 464 g/mol. The van der Waals surface area contributed by atoms with Crippen molar-refractivity contribution in [1.82, 2.24) is 20.1 Å². The van der Waals surface area contributed by atoms with Crippen LogP contribution >= 0.6 is 11.3 Å². The molecule has 3 heterocycles. The average molecular weight is 465 g/mol. The molecule has 0 aliphatic rings. The van der Waals surface area contributed by atoms with Crippen LogP contribution in [0.15, 0.2) is 64.9 Å². The van der Waals surface area contributed by atoms with Crippen molar-refractivity contribution >= 4 is 39.9 Å². The second kappa shape index (κ2) is 9.92. The second-order valence-electron chi connectivity index (χ2n) is 6.99. The van der Waals surface area contributed by atoms with Crippen LogP contribution in [0, 0.1) is 6.92 Å². The Morgan fingerprint density at radius 3 is 2.61 bits per heavy atom. The van der Waals surface area contributed by atoms with E-state index in [1.54, 1.807) is 41.4 Å². The first-order chi connectivity index (χ1) is 16.0. The van der Waals surface area contributed by atoms with Gasteiger partial charge in [-0.15, -0.1) is 11.3 Å². The van der Waals surface area contributed by atoms with Crippen molar-refractivity contribution in [2.75, 3.05) is 17.2 Å². The fourth-order valence-electron chi connectivity index (χ4n) is 2.96. The molecule has 4 aromatic rings. The molecule has 0 unspecified atom stereocenters. The van der Waals surface area contributed by atoms with E-state index in [2.05, 4.69) is 26.0 Å². The maximum Gasteiger partial charge on any atom is 0.260 e. The lowest BCUT2D eigenvalue weighted by molar-refractivity contribution is -0.123. The normalized spacial score (nSPS) is 10.6. The van der Waals surface area contributed by atoms with Gasteiger partial charge in [-0.2, -0.15) is 5.10 Å². The molecule has 4 rings (SSSR count). The molecular formula is C22H20N6O4S. The Labute approximate surface area is 192 Å². The highest BCUT2D eigenvalue weighted by molar-refractivity contribution is 7.14. The molecule has 3 amide bonds. The number of aryl methyl sites for hydroxylation is 1. The molecule has 11 heteroatoms. The van der Waals surface area contributed by atoms with Gasteiger partial charge < -0.3 is 15.1 Å². The molecule has 10 nitrogen and oxygen atoms in total. The summed E-state index contributed by atoms with van der Waals surface area (Å²) in [5, 5.41) is 14.2. The topological polar surface area (TPSA) is 131 Å². The molecule has 0 saturated heterocycles. The predicted molar refractivity (Wildman–Crippen MR) is 122 cm³/mol. The van der Waals surface area contributed by atoms with Crippen molar-refractivity contribution < 1.29 is 18.8 Å². The standard InChI is InChI=1S/C22H20N6O4S/c1-14-18(7-10-32-14)21(31)27-22-26-16(13-33-22)11-19(29)23-12-20(30)25-15-3-5-17(6-4-15)28-9-2-8-24-28/h2-10,13H,11-12H2,1H3,(H,23,29)(H,25,30)(H,26,27,31). The number of carbonyl (C=O) groups excluding carboxylic acids is 3. The molecule has 0 aliphatic heterocycles. The van der Waals surface area contributed by atoms with Crippen LogP contribution < -0.4 is 16.0 Å². The number of amides is 3. The zero-order valence-corrected chi connectivity index (χ0v) is 18.4. The van der Waals surface area contributed by atoms with E-state index in [1.807, 2.05) is 24.4 Å². The molecular weight excluding hydrogens is 444 g/mol. The third-order valence-corrected chi connectivity index (χ3v) is 5.39. The Kier molecular flexibility index (Phi) is 6.60. The maximum absolute atomic E-state index is 12.2. The van der Waals surface area contributed by atoms with E-state index in [9.17, 15) is 14.4 Å². The summed E-state index contributed by atoms with van der Waals surface area (Å²) in [7, 11) is 0. The fourth-order valence-corrected chi connectivity index (χ4v) is 3.67. The van der Waals surface area contributed by atoms with Crippen LogP contribution in [-0.2, 0) is 16.0 Å². The number of hydrogen-bond acceptors (Lipinski definition) is 7. The Morgan fingerprint density at radius 2 is 1.91 bits per heavy atom. The van der Waals surface area contributed by atoms with E-state index in [4.69, 9.17) is 4.42 Å². The number of rotatable bonds is 8. The van der Waals surface area contributed by atoms with Crippen LogP contribution in [0.3, 0.4) is 0 Å². The van der Waals surface area contributed by atoms with Crippen molar-refractivity contribution in [3.05, 3.63) is 77.5 Å². The van der Waals surface area contributed by atoms with Crippen molar-refractivity contribution in [2.45, 2.75) is 13.3 Å². The van der Waals surface area contributed by atoms with Gasteiger partial charge in [-0.25, -0.2) is 9.67 Å². The van der Waals surface area contributed by atoms with Crippen LogP contribution in [0.2, 0.25) is 0 Å². The first-order valence-corrected chi connectivity index (χ1v) is 10.8. The summed E-state index contributed by atoms with van der Waals surface area (Å²) < 4.78 is 6.83. The van der Waals surface area contributed by atoms with E-state index in [0.29, 0.717) is 27.8 Å². The minimum Gasteiger partial charge on any atom is -0.469 e. The number of aromatic nitrogens is 3. The summed E-state index contributed by atoms with van der Waals surface area (Å²) in [6.07, 6.45) is 4.93. The first kappa shape index (κ1) is 22.0. The molecule has 1 aromatic carbocycles. The van der Waals surface area contributed by atoms with Crippen molar-refractivity contribution in [1.29, 1.82) is 0 Å². The van der Waals surface area contributed by atoms with E-state index in [1.165, 1.54) is 17.6 Å². The quantitative estimate of drug-likeness (QED) is 0.367. The summed E-state index contributed by atoms with van der Waals surface area (Å²) >= 11 is 1.21. The smallest absolute Gasteiger partial charge is 0.260 e. The lowest BCUT2D eigenvalue weighted by Gasteiger charge is -2.08. The molecule has 0 fully saturated rings. The Hall–Kier alpha value is -4.25. The van der Waals surface area contributed by atoms with Crippen molar-refractivity contribution in [3.63, 3.8) is 0 Å². The molecule has 3 aromatic heterocycles. The number of thiazole rings is 1. The molecule has 0 radical (unpaired) electrons. The van der Waals surface area contributed by atoms with Gasteiger partial charge in [0.2, 0.25) is 11.8 Å². The van der Waals surface area contributed by atoms with Gasteiger partial charge in [0.25, 0.3) is 5.91 Å². The summed E-state index contributed by atoms with van der Waals surface area (Å²) in [6, 6.07) is 10.6. The largest absolute Gasteiger partial charge is 0.469 e. The van der Waals surface area contributed by atoms with Gasteiger partial charge >= 0.3 is 0 Å². The number of anilines is 2. The van der Waals surface area contributed by atoms with Gasteiger partial charge in [-0.05, 0) is 43.3 Å². The van der Waals surface area contributed by atoms with Gasteiger partial charge in [-0.1, -0.05) is 0 Å². The lowest BCUT2D eigenvalue weighted by atomic mass is 10.2. The van der Waals surface area contributed by atoms with Crippen LogP contribution in [-0.4, -0.2) is 39.0 Å². The summed E-state index contributed by atoms with van der Waals surface area (Å²) in [6.45, 7) is 1.52. The molecule has 3 N–H and O–H groups in total. The number of benzene rings is 1. The number of nitrogens with zero attached hydrogens (tertiary/aromatic N) is 3. The predicted octanol–water partition coefficient (Wildman–Crippen LogP) is 2.78. The van der Waals surface area contributed by atoms with Gasteiger partial charge in [0, 0.05) is 23.5 Å². The highest BCUT2D eigenvalue weighted by Gasteiger charge is 2.15. The van der Waals surface area contributed by atoms with Gasteiger partial charge in [-0.3, -0.25) is 19.7 Å². The zero-order valence-electron chi connectivity index (χ0n) is 17.6. The summed E-state index contributed by atoms with van der Waals surface area (Å²) in [5.74, 6) is -0.526. The number of furan rings is 1. The van der Waals surface area contributed by atoms with Gasteiger partial charge in [0.1, 0.15) is 5.76 Å². The Bertz CT molecular complexity index is 1260. The third-order valence-electron chi connectivity index (χ3n) is 4.58. The van der Waals surface area contributed by atoms with E-state index >= 15 is 0 Å². The van der Waals surface area contributed by atoms with Crippen molar-refractivity contribution in [3.8, 4) is 5.69 Å². The number of hydrogen-bond donors (Lipinski definition) is 3. The molecule has 0 bridgehead atoms. The van der Waals surface area contributed by atoms with E-state index in [0.717, 1.165) is 5.69 Å². The highest BCUT2D eigenvalue weighted by atomic mass is 32.1. The molecule has 168 valence electrons. The lowest BCUT2D eigenvalue weighted by Crippen LogP contribution is -2.33. The highest BCUT2D eigenvalue weighted by Crippen LogP contribution is 2.18. The fraction of sp³-hybridized carbons (Fsp3) is 0.136. The minimum atomic E-state index is -0.354. The van der Waals surface area contributed by atoms with Crippen molar-refractivity contribution in [2.24, 2.45) is 0 Å². The first-order valence-electron chi connectivity index (χ1n) is 9.94. The zero-order chi connectivity index (χ0) is 23.2. The molecule has 33 heavy (non-hydrogen) atoms. The van der Waals surface area contributed by atoms with Crippen LogP contribution in [0.5, 0.6) is 0 Å². The third kappa shape index (κ3) is 5.71. The number of carbonyl (C=O) groups is 3. The average Bonchev–Trinajstić information content (AvgIpc) is 3.56. The molecule has 0 spiro atoms. The van der Waals surface area contributed by atoms with Crippen LogP contribution in [0.25, 0.3) is 5.69 Å². The van der Waals surface area contributed by atoms with E-state index < -0.39 is 0 Å². The maximum atomic E-state index is 12.2. The SMILES string of the molecule is Cc1occc1C(=O)Nc1nc(CC(=O)NCC(=O)Nc2ccc(-n3cccn3)cc2)cs1. The van der Waals surface area contributed by atoms with Crippen LogP contribution in [0.1, 0.15) is 21.8 Å². The van der Waals surface area contributed by atoms with Gasteiger partial charge in [0.05, 0.1) is 36.2 Å². The molecule has 0 atom stereocenters. The summed E-state index contributed by atoms with van der Waals surface area (Å²) in [5.41, 5.74) is 2.39. The number of nitrogens with one attached hydrogen (secondary N) is 3. The second-order valence-corrected chi connectivity index (χ2v) is 7.85. The Morgan fingerprint density at radius 1 is 1.09 bits per heavy atom. The van der Waals surface area contributed by atoms with Crippen LogP contribution in [0.4, 0.5) is 10.8 Å². The minimum absolute atomic E-state index is 0.0110. The molecule has 0 aliphatic carbocycles. The summed E-state index contributed by atoms with van der Waals surface area (Å²) in [4.78, 5) is 40.8. The Balaban J connectivity index is 1.22. The van der Waals surface area contributed by atoms with Gasteiger partial charge in [0.15, 0.2) is 5.13 Å². The molecule has 0 saturated carbocycles. The van der Waals surface area contributed by atoms with E-state index in [-0.39, 0.29) is 30.7 Å².